The van der Waals surface area contributed by atoms with Gasteiger partial charge >= 0.3 is 6.09 Å². The first-order chi connectivity index (χ1) is 15.0. The number of amides is 2. The molecule has 3 heterocycles. The topological polar surface area (TPSA) is 95.0 Å². The number of amidine groups is 1. The number of nitrogens with zero attached hydrogens (tertiary/aromatic N) is 2. The molecule has 10 heteroatoms. The molecule has 0 aliphatic carbocycles. The molecule has 0 spiro atoms. The molecule has 0 bridgehead atoms. The quantitative estimate of drug-likeness (QED) is 0.686. The Morgan fingerprint density at radius 1 is 1.19 bits per heavy atom. The van der Waals surface area contributed by atoms with Crippen molar-refractivity contribution in [1.82, 2.24) is 5.32 Å². The Morgan fingerprint density at radius 3 is 2.48 bits per heavy atom. The first kappa shape index (κ1) is 22.9. The summed E-state index contributed by atoms with van der Waals surface area (Å²) in [4.78, 5) is 28.2. The summed E-state index contributed by atoms with van der Waals surface area (Å²) in [6.07, 6.45) is -0.0383. The first-order valence-corrected chi connectivity index (χ1v) is 11.3. The van der Waals surface area contributed by atoms with E-state index in [-0.39, 0.29) is 18.5 Å². The van der Waals surface area contributed by atoms with Crippen molar-refractivity contribution in [2.45, 2.75) is 26.4 Å². The number of rotatable bonds is 5. The average molecular weight is 465 g/mol. The number of hydrogen-bond donors (Lipinski definition) is 2. The molecule has 166 valence electrons. The highest BCUT2D eigenvalue weighted by molar-refractivity contribution is 7.18. The fourth-order valence-corrected chi connectivity index (χ4v) is 4.16. The van der Waals surface area contributed by atoms with Crippen LogP contribution in [-0.4, -0.2) is 50.4 Å². The molecule has 1 unspecified atom stereocenters. The summed E-state index contributed by atoms with van der Waals surface area (Å²) in [5.74, 6) is -0.244. The third-order valence-electron chi connectivity index (χ3n) is 4.64. The van der Waals surface area contributed by atoms with Crippen molar-refractivity contribution in [3.8, 4) is 0 Å². The number of carbonyl (C=O) groups is 2. The SMILES string of the molecule is CC.N=C1OCCCN1c1ccc(N2CC(CNC(=O)c3ccc(Cl)s3)OC2=O)cc1. The summed E-state index contributed by atoms with van der Waals surface area (Å²) in [5, 5.41) is 10.7. The maximum atomic E-state index is 12.3. The number of carbonyl (C=O) groups excluding carboxylic acids is 2. The van der Waals surface area contributed by atoms with E-state index >= 15 is 0 Å². The average Bonchev–Trinajstić information content (AvgIpc) is 3.39. The normalized spacial score (nSPS) is 18.1. The van der Waals surface area contributed by atoms with E-state index in [9.17, 15) is 9.59 Å². The zero-order valence-electron chi connectivity index (χ0n) is 17.4. The molecular formula is C21H25ClN4O4S. The molecule has 2 aliphatic heterocycles. The number of anilines is 2. The van der Waals surface area contributed by atoms with E-state index in [2.05, 4.69) is 5.32 Å². The fourth-order valence-electron chi connectivity index (χ4n) is 3.20. The summed E-state index contributed by atoms with van der Waals surface area (Å²) >= 11 is 7.04. The number of ether oxygens (including phenoxy) is 2. The van der Waals surface area contributed by atoms with Crippen LogP contribution in [0.1, 0.15) is 29.9 Å². The van der Waals surface area contributed by atoms with Gasteiger partial charge in [-0.15, -0.1) is 11.3 Å². The van der Waals surface area contributed by atoms with Crippen molar-refractivity contribution < 1.29 is 19.1 Å². The molecule has 8 nitrogen and oxygen atoms in total. The molecule has 1 atom stereocenters. The Morgan fingerprint density at radius 2 is 1.87 bits per heavy atom. The predicted molar refractivity (Wildman–Crippen MR) is 123 cm³/mol. The summed E-state index contributed by atoms with van der Waals surface area (Å²) < 4.78 is 11.2. The van der Waals surface area contributed by atoms with E-state index in [0.717, 1.165) is 18.7 Å². The van der Waals surface area contributed by atoms with E-state index in [1.54, 1.807) is 17.0 Å². The van der Waals surface area contributed by atoms with Gasteiger partial charge in [0, 0.05) is 17.9 Å². The van der Waals surface area contributed by atoms with Gasteiger partial charge in [-0.1, -0.05) is 25.4 Å². The fraction of sp³-hybridized carbons (Fsp3) is 0.381. The molecule has 0 saturated carbocycles. The minimum atomic E-state index is -0.454. The predicted octanol–water partition coefficient (Wildman–Crippen LogP) is 4.34. The molecule has 1 aromatic carbocycles. The van der Waals surface area contributed by atoms with E-state index in [0.29, 0.717) is 28.1 Å². The number of nitrogens with one attached hydrogen (secondary N) is 2. The smallest absolute Gasteiger partial charge is 0.414 e. The first-order valence-electron chi connectivity index (χ1n) is 10.1. The van der Waals surface area contributed by atoms with Gasteiger partial charge in [-0.3, -0.25) is 20.0 Å². The molecule has 2 aliphatic rings. The van der Waals surface area contributed by atoms with Crippen molar-refractivity contribution in [3.63, 3.8) is 0 Å². The van der Waals surface area contributed by atoms with Gasteiger partial charge in [-0.25, -0.2) is 4.79 Å². The Hall–Kier alpha value is -2.78. The van der Waals surface area contributed by atoms with Crippen LogP contribution in [0.25, 0.3) is 0 Å². The number of cyclic esters (lactones) is 1. The van der Waals surface area contributed by atoms with Crippen LogP contribution in [0.2, 0.25) is 4.34 Å². The maximum Gasteiger partial charge on any atom is 0.414 e. The second-order valence-electron chi connectivity index (χ2n) is 6.61. The number of benzene rings is 1. The zero-order valence-corrected chi connectivity index (χ0v) is 19.0. The van der Waals surface area contributed by atoms with Gasteiger partial charge in [-0.2, -0.15) is 0 Å². The van der Waals surface area contributed by atoms with Crippen LogP contribution in [0, 0.1) is 5.41 Å². The van der Waals surface area contributed by atoms with Crippen molar-refractivity contribution in [2.75, 3.05) is 36.0 Å². The molecule has 2 amide bonds. The maximum absolute atomic E-state index is 12.3. The van der Waals surface area contributed by atoms with Crippen molar-refractivity contribution >= 4 is 52.3 Å². The molecular weight excluding hydrogens is 440 g/mol. The Bertz CT molecular complexity index is 934. The van der Waals surface area contributed by atoms with Crippen LogP contribution < -0.4 is 15.1 Å². The van der Waals surface area contributed by atoms with Crippen molar-refractivity contribution in [3.05, 3.63) is 45.6 Å². The lowest BCUT2D eigenvalue weighted by molar-refractivity contribution is 0.0920. The molecule has 1 aromatic heterocycles. The number of thiophene rings is 1. The highest BCUT2D eigenvalue weighted by Gasteiger charge is 2.32. The van der Waals surface area contributed by atoms with Gasteiger partial charge in [-0.05, 0) is 42.8 Å². The van der Waals surface area contributed by atoms with Gasteiger partial charge in [0.1, 0.15) is 6.10 Å². The summed E-state index contributed by atoms with van der Waals surface area (Å²) in [5.41, 5.74) is 1.53. The standard InChI is InChI=1S/C19H19ClN4O4S.C2H6/c20-16-7-6-15(29-16)17(25)22-10-14-11-24(19(26)28-14)13-4-2-12(3-5-13)23-8-1-9-27-18(23)21;1-2/h2-7,14,21H,1,8-11H2,(H,22,25);1-2H3. The van der Waals surface area contributed by atoms with Gasteiger partial charge in [0.2, 0.25) is 0 Å². The second-order valence-corrected chi connectivity index (χ2v) is 8.32. The minimum absolute atomic E-state index is 0.132. The van der Waals surface area contributed by atoms with Gasteiger partial charge in [0.15, 0.2) is 0 Å². The Labute approximate surface area is 190 Å². The van der Waals surface area contributed by atoms with Crippen LogP contribution >= 0.6 is 22.9 Å². The summed E-state index contributed by atoms with van der Waals surface area (Å²) in [7, 11) is 0. The molecule has 4 rings (SSSR count). The van der Waals surface area contributed by atoms with Crippen LogP contribution in [0.3, 0.4) is 0 Å². The number of hydrogen-bond acceptors (Lipinski definition) is 6. The van der Waals surface area contributed by atoms with Crippen LogP contribution in [0.15, 0.2) is 36.4 Å². The second kappa shape index (κ2) is 10.5. The van der Waals surface area contributed by atoms with Crippen LogP contribution in [0.4, 0.5) is 16.2 Å². The Kier molecular flexibility index (Phi) is 7.75. The summed E-state index contributed by atoms with van der Waals surface area (Å²) in [6.45, 7) is 5.84. The number of halogens is 1. The zero-order chi connectivity index (χ0) is 22.4. The highest BCUT2D eigenvalue weighted by atomic mass is 35.5. The van der Waals surface area contributed by atoms with Crippen LogP contribution in [0.5, 0.6) is 0 Å². The molecule has 2 saturated heterocycles. The minimum Gasteiger partial charge on any atom is -0.465 e. The molecule has 2 aromatic rings. The lowest BCUT2D eigenvalue weighted by Crippen LogP contribution is -2.38. The lowest BCUT2D eigenvalue weighted by Gasteiger charge is -2.29. The van der Waals surface area contributed by atoms with E-state index in [1.807, 2.05) is 38.1 Å². The molecule has 0 radical (unpaired) electrons. The monoisotopic (exact) mass is 464 g/mol. The Balaban J connectivity index is 0.00000132. The van der Waals surface area contributed by atoms with E-state index in [1.165, 1.54) is 16.2 Å². The highest BCUT2D eigenvalue weighted by Crippen LogP contribution is 2.26. The van der Waals surface area contributed by atoms with Gasteiger partial charge < -0.3 is 14.8 Å². The molecule has 2 fully saturated rings. The largest absolute Gasteiger partial charge is 0.465 e. The van der Waals surface area contributed by atoms with Crippen LogP contribution in [-0.2, 0) is 9.47 Å². The van der Waals surface area contributed by atoms with Crippen molar-refractivity contribution in [2.24, 2.45) is 0 Å². The summed E-state index contributed by atoms with van der Waals surface area (Å²) in [6, 6.07) is 10.8. The third-order valence-corrected chi connectivity index (χ3v) is 5.87. The molecule has 31 heavy (non-hydrogen) atoms. The van der Waals surface area contributed by atoms with E-state index in [4.69, 9.17) is 26.5 Å². The van der Waals surface area contributed by atoms with Gasteiger partial charge in [0.05, 0.1) is 28.9 Å². The third kappa shape index (κ3) is 5.48. The van der Waals surface area contributed by atoms with Gasteiger partial charge in [0.25, 0.3) is 11.9 Å². The molecule has 2 N–H and O–H groups in total. The lowest BCUT2D eigenvalue weighted by atomic mass is 10.2. The van der Waals surface area contributed by atoms with E-state index < -0.39 is 12.2 Å². The van der Waals surface area contributed by atoms with Crippen molar-refractivity contribution in [1.29, 1.82) is 5.41 Å².